The number of methoxy groups -OCH3 is 2. The molecule has 1 aliphatic rings. The Bertz CT molecular complexity index is 1090. The number of hydrogen-bond donors (Lipinski definition) is 0. The number of nitrogens with zero attached hydrogens (tertiary/aromatic N) is 3. The molecule has 7 heteroatoms. The van der Waals surface area contributed by atoms with Crippen molar-refractivity contribution >= 4 is 11.8 Å². The van der Waals surface area contributed by atoms with Crippen LogP contribution in [0.3, 0.4) is 0 Å². The molecule has 0 amide bonds. The molecule has 6 nitrogen and oxygen atoms in total. The molecular formula is C23H23N3O3S. The van der Waals surface area contributed by atoms with Crippen molar-refractivity contribution in [3.05, 3.63) is 59.2 Å². The van der Waals surface area contributed by atoms with Gasteiger partial charge in [0.05, 0.1) is 31.8 Å². The standard InChI is InChI=1S/C23H23N3O3S/c1-26-9-8-20-19(13-26)22(17-11-15(27-2)6-7-21(17)28-3)18(12-24)23(25-20)30-14-16-5-4-10-29-16/h4-7,10-11H,8-9,13-14H2,1-3H3. The van der Waals surface area contributed by atoms with E-state index in [9.17, 15) is 5.26 Å². The SMILES string of the molecule is COc1ccc(OC)c(-c2c(C#N)c(SCc3ccco3)nc3c2CN(C)CC3)c1. The van der Waals surface area contributed by atoms with Crippen LogP contribution in [0.5, 0.6) is 11.5 Å². The van der Waals surface area contributed by atoms with Gasteiger partial charge in [-0.1, -0.05) is 11.8 Å². The van der Waals surface area contributed by atoms with Gasteiger partial charge in [0.25, 0.3) is 0 Å². The number of aromatic nitrogens is 1. The Morgan fingerprint density at radius 1 is 1.27 bits per heavy atom. The summed E-state index contributed by atoms with van der Waals surface area (Å²) >= 11 is 1.52. The van der Waals surface area contributed by atoms with Crippen LogP contribution in [-0.2, 0) is 18.7 Å². The molecule has 0 bridgehead atoms. The van der Waals surface area contributed by atoms with Crippen LogP contribution < -0.4 is 9.47 Å². The molecule has 4 rings (SSSR count). The highest BCUT2D eigenvalue weighted by molar-refractivity contribution is 7.98. The summed E-state index contributed by atoms with van der Waals surface area (Å²) in [6.07, 6.45) is 2.49. The second-order valence-electron chi connectivity index (χ2n) is 7.13. The van der Waals surface area contributed by atoms with E-state index < -0.39 is 0 Å². The molecule has 0 saturated heterocycles. The number of nitriles is 1. The van der Waals surface area contributed by atoms with Crippen LogP contribution in [0.1, 0.15) is 22.6 Å². The van der Waals surface area contributed by atoms with Gasteiger partial charge < -0.3 is 18.8 Å². The molecule has 0 radical (unpaired) electrons. The van der Waals surface area contributed by atoms with E-state index in [-0.39, 0.29) is 0 Å². The van der Waals surface area contributed by atoms with Gasteiger partial charge in [-0.05, 0) is 42.9 Å². The number of likely N-dealkylation sites (N-methyl/N-ethyl adjacent to an activating group) is 1. The molecule has 0 spiro atoms. The first-order chi connectivity index (χ1) is 14.6. The summed E-state index contributed by atoms with van der Waals surface area (Å²) in [5, 5.41) is 10.9. The molecule has 0 fully saturated rings. The lowest BCUT2D eigenvalue weighted by molar-refractivity contribution is 0.309. The number of pyridine rings is 1. The van der Waals surface area contributed by atoms with Crippen LogP contribution in [0.2, 0.25) is 0 Å². The first-order valence-corrected chi connectivity index (χ1v) is 10.6. The van der Waals surface area contributed by atoms with E-state index in [1.165, 1.54) is 11.8 Å². The fourth-order valence-electron chi connectivity index (χ4n) is 3.72. The van der Waals surface area contributed by atoms with Gasteiger partial charge in [-0.2, -0.15) is 5.26 Å². The maximum atomic E-state index is 10.2. The molecule has 0 aliphatic carbocycles. The van der Waals surface area contributed by atoms with Crippen LogP contribution in [0.15, 0.2) is 46.0 Å². The zero-order chi connectivity index (χ0) is 21.1. The van der Waals surface area contributed by atoms with E-state index in [0.29, 0.717) is 22.8 Å². The van der Waals surface area contributed by atoms with Crippen LogP contribution >= 0.6 is 11.8 Å². The summed E-state index contributed by atoms with van der Waals surface area (Å²) in [6, 6.07) is 11.9. The molecule has 0 atom stereocenters. The fraction of sp³-hybridized carbons (Fsp3) is 0.304. The highest BCUT2D eigenvalue weighted by Crippen LogP contribution is 2.42. The number of fused-ring (bicyclic) bond motifs is 1. The molecule has 154 valence electrons. The van der Waals surface area contributed by atoms with Crippen molar-refractivity contribution in [2.45, 2.75) is 23.7 Å². The molecular weight excluding hydrogens is 398 g/mol. The molecule has 0 N–H and O–H groups in total. The largest absolute Gasteiger partial charge is 0.497 e. The van der Waals surface area contributed by atoms with Crippen molar-refractivity contribution in [2.24, 2.45) is 0 Å². The highest BCUT2D eigenvalue weighted by Gasteiger charge is 2.27. The van der Waals surface area contributed by atoms with Crippen LogP contribution in [-0.4, -0.2) is 37.7 Å². The fourth-order valence-corrected chi connectivity index (χ4v) is 4.63. The van der Waals surface area contributed by atoms with Gasteiger partial charge in [0.2, 0.25) is 0 Å². The summed E-state index contributed by atoms with van der Waals surface area (Å²) in [5.41, 5.74) is 4.41. The number of thioether (sulfide) groups is 1. The lowest BCUT2D eigenvalue weighted by Gasteiger charge is -2.28. The first-order valence-electron chi connectivity index (χ1n) is 9.66. The van der Waals surface area contributed by atoms with Gasteiger partial charge in [-0.3, -0.25) is 0 Å². The molecule has 0 unspecified atom stereocenters. The topological polar surface area (TPSA) is 71.5 Å². The smallest absolute Gasteiger partial charge is 0.127 e. The average Bonchev–Trinajstić information content (AvgIpc) is 3.30. The summed E-state index contributed by atoms with van der Waals surface area (Å²) in [5.74, 6) is 2.89. The number of hydrogen-bond acceptors (Lipinski definition) is 7. The van der Waals surface area contributed by atoms with E-state index in [1.807, 2.05) is 30.3 Å². The van der Waals surface area contributed by atoms with Crippen molar-refractivity contribution in [1.82, 2.24) is 9.88 Å². The second-order valence-corrected chi connectivity index (χ2v) is 8.09. The van der Waals surface area contributed by atoms with Crippen molar-refractivity contribution in [3.8, 4) is 28.7 Å². The van der Waals surface area contributed by atoms with E-state index in [4.69, 9.17) is 18.9 Å². The molecule has 2 aromatic heterocycles. The minimum atomic E-state index is 0.562. The summed E-state index contributed by atoms with van der Waals surface area (Å²) in [7, 11) is 5.36. The van der Waals surface area contributed by atoms with Crippen LogP contribution in [0.25, 0.3) is 11.1 Å². The maximum Gasteiger partial charge on any atom is 0.127 e. The summed E-state index contributed by atoms with van der Waals surface area (Å²) in [6.45, 7) is 1.67. The van der Waals surface area contributed by atoms with Gasteiger partial charge in [0, 0.05) is 36.3 Å². The maximum absolute atomic E-state index is 10.2. The van der Waals surface area contributed by atoms with E-state index in [1.54, 1.807) is 20.5 Å². The Labute approximate surface area is 180 Å². The third-order valence-electron chi connectivity index (χ3n) is 5.23. The van der Waals surface area contributed by atoms with Gasteiger partial charge >= 0.3 is 0 Å². The zero-order valence-electron chi connectivity index (χ0n) is 17.3. The second kappa shape index (κ2) is 8.82. The van der Waals surface area contributed by atoms with E-state index in [0.717, 1.165) is 52.7 Å². The van der Waals surface area contributed by atoms with Gasteiger partial charge in [0.1, 0.15) is 28.4 Å². The average molecular weight is 422 g/mol. The van der Waals surface area contributed by atoms with Crippen molar-refractivity contribution in [3.63, 3.8) is 0 Å². The molecule has 3 heterocycles. The quantitative estimate of drug-likeness (QED) is 0.542. The number of benzene rings is 1. The third kappa shape index (κ3) is 3.89. The Balaban J connectivity index is 1.91. The predicted octanol–water partition coefficient (Wildman–Crippen LogP) is 4.51. The minimum absolute atomic E-state index is 0.562. The normalized spacial score (nSPS) is 13.5. The Morgan fingerprint density at radius 3 is 2.83 bits per heavy atom. The van der Waals surface area contributed by atoms with E-state index in [2.05, 4.69) is 18.0 Å². The summed E-state index contributed by atoms with van der Waals surface area (Å²) < 4.78 is 16.6. The van der Waals surface area contributed by atoms with Crippen molar-refractivity contribution in [2.75, 3.05) is 27.8 Å². The highest BCUT2D eigenvalue weighted by atomic mass is 32.2. The minimum Gasteiger partial charge on any atom is -0.497 e. The Hall–Kier alpha value is -2.95. The monoisotopic (exact) mass is 421 g/mol. The Morgan fingerprint density at radius 2 is 2.13 bits per heavy atom. The Kier molecular flexibility index (Phi) is 5.98. The van der Waals surface area contributed by atoms with Crippen LogP contribution in [0, 0.1) is 11.3 Å². The predicted molar refractivity (Wildman–Crippen MR) is 116 cm³/mol. The summed E-state index contributed by atoms with van der Waals surface area (Å²) in [4.78, 5) is 7.15. The lowest BCUT2D eigenvalue weighted by atomic mass is 9.91. The molecule has 3 aromatic rings. The zero-order valence-corrected chi connectivity index (χ0v) is 18.1. The molecule has 1 aromatic carbocycles. The molecule has 30 heavy (non-hydrogen) atoms. The first kappa shape index (κ1) is 20.3. The van der Waals surface area contributed by atoms with Gasteiger partial charge in [-0.25, -0.2) is 4.98 Å². The van der Waals surface area contributed by atoms with Crippen molar-refractivity contribution in [1.29, 1.82) is 5.26 Å². The molecule has 1 aliphatic heterocycles. The number of ether oxygens (including phenoxy) is 2. The van der Waals surface area contributed by atoms with Gasteiger partial charge in [0.15, 0.2) is 0 Å². The number of furan rings is 1. The van der Waals surface area contributed by atoms with Crippen molar-refractivity contribution < 1.29 is 13.9 Å². The van der Waals surface area contributed by atoms with Gasteiger partial charge in [-0.15, -0.1) is 0 Å². The molecule has 0 saturated carbocycles. The lowest BCUT2D eigenvalue weighted by Crippen LogP contribution is -2.28. The number of rotatable bonds is 6. The third-order valence-corrected chi connectivity index (χ3v) is 6.23. The van der Waals surface area contributed by atoms with E-state index >= 15 is 0 Å². The van der Waals surface area contributed by atoms with Crippen LogP contribution in [0.4, 0.5) is 0 Å².